The number of nitrogens with one attached hydrogen (secondary N) is 3. The summed E-state index contributed by atoms with van der Waals surface area (Å²) in [7, 11) is 1.39. The normalized spacial score (nSPS) is 18.8. The number of hydrogen-bond donors (Lipinski definition) is 3. The van der Waals surface area contributed by atoms with E-state index in [2.05, 4.69) is 21.1 Å². The SMILES string of the molecule is COC[C@H](NC(=O)c1cc(C)on1)C(=O)N[C@@H](Cc1ccccc1)C(=O)N[C@@H](CC(C)C)C(=O)C1(C)CO1. The van der Waals surface area contributed by atoms with E-state index in [1.54, 1.807) is 13.8 Å². The first kappa shape index (κ1) is 29.0. The summed E-state index contributed by atoms with van der Waals surface area (Å²) >= 11 is 0. The van der Waals surface area contributed by atoms with Crippen LogP contribution in [0.1, 0.15) is 49.0 Å². The van der Waals surface area contributed by atoms with Crippen LogP contribution in [0.4, 0.5) is 0 Å². The van der Waals surface area contributed by atoms with E-state index < -0.39 is 41.4 Å². The molecule has 0 spiro atoms. The van der Waals surface area contributed by atoms with Gasteiger partial charge in [-0.05, 0) is 31.7 Å². The molecular weight excluding hydrogens is 492 g/mol. The molecule has 1 aliphatic rings. The lowest BCUT2D eigenvalue weighted by molar-refractivity contribution is -0.133. The molecular formula is C27H36N4O7. The number of methoxy groups -OCH3 is 1. The molecule has 1 aromatic heterocycles. The van der Waals surface area contributed by atoms with E-state index in [0.717, 1.165) is 5.56 Å². The first-order valence-corrected chi connectivity index (χ1v) is 12.6. The zero-order valence-electron chi connectivity index (χ0n) is 22.4. The highest BCUT2D eigenvalue weighted by Gasteiger charge is 2.50. The Morgan fingerprint density at radius 1 is 1.03 bits per heavy atom. The average molecular weight is 529 g/mol. The Labute approximate surface area is 222 Å². The van der Waals surface area contributed by atoms with Crippen LogP contribution in [0.3, 0.4) is 0 Å². The number of benzene rings is 1. The van der Waals surface area contributed by atoms with Crippen LogP contribution in [0.15, 0.2) is 40.9 Å². The smallest absolute Gasteiger partial charge is 0.274 e. The van der Waals surface area contributed by atoms with E-state index in [9.17, 15) is 19.2 Å². The second-order valence-electron chi connectivity index (χ2n) is 10.1. The van der Waals surface area contributed by atoms with Gasteiger partial charge in [-0.3, -0.25) is 19.2 Å². The standard InChI is InChI=1S/C27H36N4O7/c1-16(2)11-19(23(32)27(4)15-37-27)28-24(33)20(13-18-9-7-6-8-10-18)29-26(35)22(14-36-5)30-25(34)21-12-17(3)38-31-21/h6-10,12,16,19-20,22H,11,13-15H2,1-5H3,(H,28,33)(H,29,35)(H,30,34)/t19-,20-,22-,27?/m0/s1. The number of ether oxygens (including phenoxy) is 2. The highest BCUT2D eigenvalue weighted by molar-refractivity contribution is 5.99. The van der Waals surface area contributed by atoms with Crippen LogP contribution >= 0.6 is 0 Å². The van der Waals surface area contributed by atoms with E-state index in [1.165, 1.54) is 13.2 Å². The van der Waals surface area contributed by atoms with Crippen molar-refractivity contribution in [2.75, 3.05) is 20.3 Å². The molecule has 3 N–H and O–H groups in total. The van der Waals surface area contributed by atoms with Crippen molar-refractivity contribution < 1.29 is 33.2 Å². The van der Waals surface area contributed by atoms with E-state index in [4.69, 9.17) is 14.0 Å². The van der Waals surface area contributed by atoms with Gasteiger partial charge in [-0.25, -0.2) is 0 Å². The van der Waals surface area contributed by atoms with Crippen LogP contribution in [0.2, 0.25) is 0 Å². The third kappa shape index (κ3) is 7.96. The molecule has 1 aromatic carbocycles. The molecule has 206 valence electrons. The Morgan fingerprint density at radius 3 is 2.21 bits per heavy atom. The van der Waals surface area contributed by atoms with Gasteiger partial charge in [0, 0.05) is 19.6 Å². The van der Waals surface area contributed by atoms with Crippen LogP contribution in [-0.4, -0.2) is 72.7 Å². The molecule has 3 rings (SSSR count). The van der Waals surface area contributed by atoms with Crippen molar-refractivity contribution >= 4 is 23.5 Å². The number of aryl methyl sites for hydroxylation is 1. The van der Waals surface area contributed by atoms with Crippen LogP contribution < -0.4 is 16.0 Å². The zero-order valence-corrected chi connectivity index (χ0v) is 22.4. The first-order chi connectivity index (χ1) is 18.0. The average Bonchev–Trinajstić information content (AvgIpc) is 3.48. The van der Waals surface area contributed by atoms with Crippen LogP contribution in [0.25, 0.3) is 0 Å². The summed E-state index contributed by atoms with van der Waals surface area (Å²) in [6, 6.07) is 7.72. The number of ketones is 1. The molecule has 3 amide bonds. The number of nitrogens with zero attached hydrogens (tertiary/aromatic N) is 1. The van der Waals surface area contributed by atoms with E-state index in [-0.39, 0.29) is 30.4 Å². The predicted molar refractivity (Wildman–Crippen MR) is 137 cm³/mol. The first-order valence-electron chi connectivity index (χ1n) is 12.6. The van der Waals surface area contributed by atoms with Gasteiger partial charge in [0.05, 0.1) is 19.3 Å². The molecule has 0 aliphatic carbocycles. The summed E-state index contributed by atoms with van der Waals surface area (Å²) in [4.78, 5) is 52.4. The molecule has 2 aromatic rings. The summed E-state index contributed by atoms with van der Waals surface area (Å²) < 4.78 is 15.4. The van der Waals surface area contributed by atoms with Crippen molar-refractivity contribution in [1.82, 2.24) is 21.1 Å². The molecule has 1 unspecified atom stereocenters. The van der Waals surface area contributed by atoms with Crippen molar-refractivity contribution in [3.8, 4) is 0 Å². The fourth-order valence-electron chi connectivity index (χ4n) is 3.98. The molecule has 4 atom stereocenters. The lowest BCUT2D eigenvalue weighted by Gasteiger charge is -2.26. The second-order valence-corrected chi connectivity index (χ2v) is 10.1. The van der Waals surface area contributed by atoms with Crippen LogP contribution in [-0.2, 0) is 30.3 Å². The fourth-order valence-corrected chi connectivity index (χ4v) is 3.98. The Hall–Kier alpha value is -3.57. The minimum atomic E-state index is -1.11. The molecule has 0 radical (unpaired) electrons. The topological polar surface area (TPSA) is 152 Å². The summed E-state index contributed by atoms with van der Waals surface area (Å²) in [5, 5.41) is 11.8. The number of hydrogen-bond acceptors (Lipinski definition) is 8. The minimum absolute atomic E-state index is 0.0146. The summed E-state index contributed by atoms with van der Waals surface area (Å²) in [6.45, 7) is 7.43. The minimum Gasteiger partial charge on any atom is -0.382 e. The van der Waals surface area contributed by atoms with Crippen LogP contribution in [0, 0.1) is 12.8 Å². The van der Waals surface area contributed by atoms with Crippen molar-refractivity contribution in [2.45, 2.75) is 64.3 Å². The number of carbonyl (C=O) groups excluding carboxylic acids is 4. The lowest BCUT2D eigenvalue weighted by atomic mass is 9.93. The Balaban J connectivity index is 1.78. The Morgan fingerprint density at radius 2 is 1.66 bits per heavy atom. The number of rotatable bonds is 14. The third-order valence-electron chi connectivity index (χ3n) is 6.17. The van der Waals surface area contributed by atoms with Crippen LogP contribution in [0.5, 0.6) is 0 Å². The number of Topliss-reactive ketones (excluding diaryl/α,β-unsaturated/α-hetero) is 1. The quantitative estimate of drug-likeness (QED) is 0.311. The highest BCUT2D eigenvalue weighted by Crippen LogP contribution is 2.29. The van der Waals surface area contributed by atoms with Crippen molar-refractivity contribution in [1.29, 1.82) is 0 Å². The lowest BCUT2D eigenvalue weighted by Crippen LogP contribution is -2.58. The summed E-state index contributed by atoms with van der Waals surface area (Å²) in [5.41, 5.74) is -0.0819. The molecule has 2 heterocycles. The van der Waals surface area contributed by atoms with Gasteiger partial charge in [-0.2, -0.15) is 0 Å². The predicted octanol–water partition coefficient (Wildman–Crippen LogP) is 1.34. The second kappa shape index (κ2) is 12.8. The number of carbonyl (C=O) groups is 4. The maximum atomic E-state index is 13.5. The van der Waals surface area contributed by atoms with Gasteiger partial charge >= 0.3 is 0 Å². The fraction of sp³-hybridized carbons (Fsp3) is 0.519. The Bertz CT molecular complexity index is 1130. The van der Waals surface area contributed by atoms with Gasteiger partial charge in [-0.15, -0.1) is 0 Å². The van der Waals surface area contributed by atoms with E-state index in [0.29, 0.717) is 18.8 Å². The molecule has 1 fully saturated rings. The molecule has 1 saturated heterocycles. The largest absolute Gasteiger partial charge is 0.382 e. The molecule has 1 aliphatic heterocycles. The zero-order chi connectivity index (χ0) is 27.9. The third-order valence-corrected chi connectivity index (χ3v) is 6.17. The number of epoxide rings is 1. The monoisotopic (exact) mass is 528 g/mol. The van der Waals surface area contributed by atoms with E-state index in [1.807, 2.05) is 44.2 Å². The van der Waals surface area contributed by atoms with Crippen molar-refractivity contribution in [3.63, 3.8) is 0 Å². The van der Waals surface area contributed by atoms with Gasteiger partial charge in [0.2, 0.25) is 11.8 Å². The summed E-state index contributed by atoms with van der Waals surface area (Å²) in [5.74, 6) is -1.38. The molecule has 0 saturated carbocycles. The van der Waals surface area contributed by atoms with Gasteiger partial charge in [0.25, 0.3) is 5.91 Å². The number of aromatic nitrogens is 1. The maximum absolute atomic E-state index is 13.5. The Kier molecular flexibility index (Phi) is 9.76. The molecule has 0 bridgehead atoms. The number of amides is 3. The van der Waals surface area contributed by atoms with Crippen molar-refractivity contribution in [2.24, 2.45) is 5.92 Å². The van der Waals surface area contributed by atoms with E-state index >= 15 is 0 Å². The van der Waals surface area contributed by atoms with Crippen molar-refractivity contribution in [3.05, 3.63) is 53.4 Å². The molecule has 11 nitrogen and oxygen atoms in total. The van der Waals surface area contributed by atoms with Gasteiger partial charge < -0.3 is 29.9 Å². The van der Waals surface area contributed by atoms with Gasteiger partial charge in [-0.1, -0.05) is 49.3 Å². The van der Waals surface area contributed by atoms with Gasteiger partial charge in [0.15, 0.2) is 11.5 Å². The summed E-state index contributed by atoms with van der Waals surface area (Å²) in [6.07, 6.45) is 0.597. The molecule has 11 heteroatoms. The van der Waals surface area contributed by atoms with Gasteiger partial charge in [0.1, 0.15) is 23.4 Å². The highest BCUT2D eigenvalue weighted by atomic mass is 16.6. The molecule has 38 heavy (non-hydrogen) atoms. The maximum Gasteiger partial charge on any atom is 0.274 e.